The van der Waals surface area contributed by atoms with Crippen LogP contribution in [0.3, 0.4) is 0 Å². The maximum atomic E-state index is 11.7. The van der Waals surface area contributed by atoms with Crippen molar-refractivity contribution in [2.24, 2.45) is 5.92 Å². The van der Waals surface area contributed by atoms with Gasteiger partial charge in [0.1, 0.15) is 12.2 Å². The fraction of sp³-hybridized carbons (Fsp3) is 0.487. The van der Waals surface area contributed by atoms with Crippen molar-refractivity contribution in [1.82, 2.24) is 4.98 Å². The van der Waals surface area contributed by atoms with Gasteiger partial charge in [-0.1, -0.05) is 24.3 Å². The number of fused-ring (bicyclic) bond motifs is 4. The van der Waals surface area contributed by atoms with Gasteiger partial charge >= 0.3 is 5.97 Å². The maximum Gasteiger partial charge on any atom is 0.334 e. The third kappa shape index (κ3) is 8.45. The number of ether oxygens (including phenoxy) is 6. The number of pyridine rings is 1. The first kappa shape index (κ1) is 37.1. The fourth-order valence-electron chi connectivity index (χ4n) is 6.52. The van der Waals surface area contributed by atoms with Crippen molar-refractivity contribution < 1.29 is 33.2 Å². The van der Waals surface area contributed by atoms with Crippen molar-refractivity contribution in [1.29, 1.82) is 0 Å². The Bertz CT molecular complexity index is 1620. The molecule has 0 radical (unpaired) electrons. The van der Waals surface area contributed by atoms with Gasteiger partial charge in [-0.05, 0) is 109 Å². The van der Waals surface area contributed by atoms with Crippen LogP contribution in [0.15, 0.2) is 66.4 Å². The average molecular weight is 680 g/mol. The Balaban J connectivity index is 0.000000234. The third-order valence-electron chi connectivity index (χ3n) is 9.06. The SMILES string of the molecule is C=C1C(=O)OC2C1CCC(C)=CCCC1(C)OC21.CCOc1ccc(Cc2nccc3cc(OCC)c(OCC)cc23)cc1OCC.Cl. The van der Waals surface area contributed by atoms with Gasteiger partial charge in [0.15, 0.2) is 23.0 Å². The summed E-state index contributed by atoms with van der Waals surface area (Å²) in [6, 6.07) is 12.1. The molecule has 1 aromatic heterocycles. The normalized spacial score (nSPS) is 22.9. The Morgan fingerprint density at radius 3 is 2.25 bits per heavy atom. The van der Waals surface area contributed by atoms with Gasteiger partial charge < -0.3 is 28.4 Å². The van der Waals surface area contributed by atoms with Crippen molar-refractivity contribution in [3.63, 3.8) is 0 Å². The quantitative estimate of drug-likeness (QED) is 0.0911. The minimum Gasteiger partial charge on any atom is -0.490 e. The van der Waals surface area contributed by atoms with Crippen LogP contribution in [0.5, 0.6) is 23.0 Å². The molecule has 3 aromatic rings. The first-order valence-electron chi connectivity index (χ1n) is 17.0. The lowest BCUT2D eigenvalue weighted by Gasteiger charge is -2.19. The number of halogens is 1. The molecule has 48 heavy (non-hydrogen) atoms. The molecule has 3 heterocycles. The summed E-state index contributed by atoms with van der Waals surface area (Å²) in [4.78, 5) is 16.3. The molecule has 6 rings (SSSR count). The third-order valence-corrected chi connectivity index (χ3v) is 9.06. The smallest absolute Gasteiger partial charge is 0.334 e. The van der Waals surface area contributed by atoms with Crippen LogP contribution in [0.2, 0.25) is 0 Å². The number of rotatable bonds is 10. The molecule has 0 spiro atoms. The number of hydrogen-bond acceptors (Lipinski definition) is 8. The van der Waals surface area contributed by atoms with E-state index in [4.69, 9.17) is 28.4 Å². The summed E-state index contributed by atoms with van der Waals surface area (Å²) < 4.78 is 34.3. The number of carbonyl (C=O) groups excluding carboxylic acids is 1. The molecule has 260 valence electrons. The van der Waals surface area contributed by atoms with E-state index in [0.717, 1.165) is 70.7 Å². The fourth-order valence-corrected chi connectivity index (χ4v) is 6.52. The maximum absolute atomic E-state index is 11.7. The van der Waals surface area contributed by atoms with Gasteiger partial charge in [-0.15, -0.1) is 12.4 Å². The first-order chi connectivity index (χ1) is 22.7. The zero-order valence-corrected chi connectivity index (χ0v) is 30.0. The highest BCUT2D eigenvalue weighted by Crippen LogP contribution is 2.49. The van der Waals surface area contributed by atoms with Crippen LogP contribution >= 0.6 is 12.4 Å². The van der Waals surface area contributed by atoms with E-state index in [2.05, 4.69) is 37.6 Å². The highest BCUT2D eigenvalue weighted by Gasteiger charge is 2.61. The second-order valence-electron chi connectivity index (χ2n) is 12.4. The van der Waals surface area contributed by atoms with E-state index in [0.29, 0.717) is 38.4 Å². The number of nitrogens with zero attached hydrogens (tertiary/aromatic N) is 1. The molecule has 9 heteroatoms. The van der Waals surface area contributed by atoms with E-state index in [1.165, 1.54) is 5.57 Å². The van der Waals surface area contributed by atoms with Gasteiger partial charge in [0.2, 0.25) is 0 Å². The number of epoxide rings is 1. The number of allylic oxidation sites excluding steroid dienone is 2. The number of carbonyl (C=O) groups is 1. The standard InChI is InChI=1S/C24H29NO4.C15H20O3.ClH/c1-5-26-21-10-9-17(14-22(21)27-6-2)13-20-19-16-24(29-8-4)23(28-7-3)15-18(19)11-12-25-20;1-9-5-4-8-15(3)13(18-15)12-11(7-6-9)10(2)14(16)17-12;/h9-12,14-16H,5-8,13H2,1-4H3;5,11-13H,2,4,6-8H2,1,3H3;1H. The molecule has 2 fully saturated rings. The summed E-state index contributed by atoms with van der Waals surface area (Å²) in [6.07, 6.45) is 8.78. The molecule has 1 aliphatic carbocycles. The van der Waals surface area contributed by atoms with E-state index in [1.807, 2.05) is 64.2 Å². The van der Waals surface area contributed by atoms with Gasteiger partial charge in [-0.3, -0.25) is 4.98 Å². The van der Waals surface area contributed by atoms with Crippen molar-refractivity contribution in [3.8, 4) is 23.0 Å². The van der Waals surface area contributed by atoms with Crippen LogP contribution in [0.25, 0.3) is 10.8 Å². The first-order valence-corrected chi connectivity index (χ1v) is 17.0. The van der Waals surface area contributed by atoms with Crippen LogP contribution < -0.4 is 18.9 Å². The molecule has 4 atom stereocenters. The largest absolute Gasteiger partial charge is 0.490 e. The number of esters is 1. The second kappa shape index (κ2) is 16.6. The predicted octanol–water partition coefficient (Wildman–Crippen LogP) is 8.60. The molecule has 3 aliphatic rings. The zero-order chi connectivity index (χ0) is 33.6. The zero-order valence-electron chi connectivity index (χ0n) is 29.1. The highest BCUT2D eigenvalue weighted by molar-refractivity contribution is 5.91. The van der Waals surface area contributed by atoms with E-state index in [9.17, 15) is 4.79 Å². The lowest BCUT2D eigenvalue weighted by Crippen LogP contribution is -2.28. The van der Waals surface area contributed by atoms with Gasteiger partial charge in [0.05, 0.1) is 37.7 Å². The van der Waals surface area contributed by atoms with Gasteiger partial charge in [0, 0.05) is 29.5 Å². The topological polar surface area (TPSA) is 88.6 Å². The Hall–Kier alpha value is -3.75. The molecule has 8 nitrogen and oxygen atoms in total. The van der Waals surface area contributed by atoms with Crippen LogP contribution in [-0.2, 0) is 20.7 Å². The molecule has 2 aliphatic heterocycles. The van der Waals surface area contributed by atoms with Gasteiger partial charge in [-0.25, -0.2) is 4.79 Å². The van der Waals surface area contributed by atoms with Gasteiger partial charge in [-0.2, -0.15) is 0 Å². The second-order valence-corrected chi connectivity index (χ2v) is 12.4. The van der Waals surface area contributed by atoms with Crippen LogP contribution in [0.1, 0.15) is 78.5 Å². The Labute approximate surface area is 291 Å². The van der Waals surface area contributed by atoms with Crippen LogP contribution in [0, 0.1) is 5.92 Å². The van der Waals surface area contributed by atoms with Crippen molar-refractivity contribution in [2.75, 3.05) is 26.4 Å². The lowest BCUT2D eigenvalue weighted by atomic mass is 9.84. The number of aromatic nitrogens is 1. The average Bonchev–Trinajstić information content (AvgIpc) is 3.64. The monoisotopic (exact) mass is 679 g/mol. The van der Waals surface area contributed by atoms with Crippen molar-refractivity contribution in [2.45, 2.75) is 91.5 Å². The Morgan fingerprint density at radius 1 is 0.917 bits per heavy atom. The summed E-state index contributed by atoms with van der Waals surface area (Å²) in [5.41, 5.74) is 4.01. The van der Waals surface area contributed by atoms with E-state index >= 15 is 0 Å². The number of hydrogen-bond donors (Lipinski definition) is 0. The predicted molar refractivity (Wildman–Crippen MR) is 191 cm³/mol. The molecular formula is C39H50ClNO7. The summed E-state index contributed by atoms with van der Waals surface area (Å²) in [5.74, 6) is 2.94. The molecule has 0 saturated carbocycles. The summed E-state index contributed by atoms with van der Waals surface area (Å²) in [6.45, 7) is 18.4. The van der Waals surface area contributed by atoms with E-state index in [-0.39, 0.29) is 42.1 Å². The summed E-state index contributed by atoms with van der Waals surface area (Å²) >= 11 is 0. The Morgan fingerprint density at radius 2 is 1.56 bits per heavy atom. The van der Waals surface area contributed by atoms with Gasteiger partial charge in [0.25, 0.3) is 0 Å². The molecule has 4 unspecified atom stereocenters. The summed E-state index contributed by atoms with van der Waals surface area (Å²) in [7, 11) is 0. The molecule has 2 aromatic carbocycles. The van der Waals surface area contributed by atoms with E-state index < -0.39 is 0 Å². The van der Waals surface area contributed by atoms with Crippen LogP contribution in [0.4, 0.5) is 0 Å². The molecule has 0 bridgehead atoms. The van der Waals surface area contributed by atoms with Crippen molar-refractivity contribution >= 4 is 29.1 Å². The minimum absolute atomic E-state index is 0. The highest BCUT2D eigenvalue weighted by atomic mass is 35.5. The molecule has 2 saturated heterocycles. The molecular weight excluding hydrogens is 630 g/mol. The molecule has 0 amide bonds. The number of benzene rings is 2. The molecule has 0 N–H and O–H groups in total. The Kier molecular flexibility index (Phi) is 12.8. The van der Waals surface area contributed by atoms with Crippen molar-refractivity contribution in [3.05, 3.63) is 77.7 Å². The lowest BCUT2D eigenvalue weighted by molar-refractivity contribution is -0.140. The van der Waals surface area contributed by atoms with E-state index in [1.54, 1.807) is 0 Å². The van der Waals surface area contributed by atoms with Crippen LogP contribution in [-0.4, -0.2) is 55.2 Å². The minimum atomic E-state index is -0.233. The summed E-state index contributed by atoms with van der Waals surface area (Å²) in [5, 5.41) is 2.14.